The summed E-state index contributed by atoms with van der Waals surface area (Å²) < 4.78 is 29.3. The smallest absolute Gasteiger partial charge is 0.340 e. The lowest BCUT2D eigenvalue weighted by atomic mass is 10.1. The van der Waals surface area contributed by atoms with Crippen molar-refractivity contribution in [2.75, 3.05) is 39.4 Å². The van der Waals surface area contributed by atoms with Crippen molar-refractivity contribution in [2.24, 2.45) is 0 Å². The van der Waals surface area contributed by atoms with Gasteiger partial charge in [0.15, 0.2) is 11.6 Å². The Hall–Kier alpha value is -2.75. The summed E-state index contributed by atoms with van der Waals surface area (Å²) in [5.41, 5.74) is -0.352. The van der Waals surface area contributed by atoms with E-state index in [4.69, 9.17) is 25.8 Å². The van der Waals surface area contributed by atoms with E-state index in [1.54, 1.807) is 0 Å². The Morgan fingerprint density at radius 1 is 1.21 bits per heavy atom. The van der Waals surface area contributed by atoms with Crippen molar-refractivity contribution in [3.63, 3.8) is 0 Å². The molecule has 0 spiro atoms. The molecule has 0 fully saturated rings. The molecule has 2 aromatic rings. The Morgan fingerprint density at radius 3 is 2.38 bits per heavy atom. The average molecular weight is 427 g/mol. The Morgan fingerprint density at radius 2 is 1.86 bits per heavy atom. The second-order valence-corrected chi connectivity index (χ2v) is 6.35. The summed E-state index contributed by atoms with van der Waals surface area (Å²) in [6.07, 6.45) is 1.28. The van der Waals surface area contributed by atoms with Crippen LogP contribution in [0.3, 0.4) is 0 Å². The van der Waals surface area contributed by atoms with Gasteiger partial charge in [0.2, 0.25) is 0 Å². The van der Waals surface area contributed by atoms with Gasteiger partial charge in [0, 0.05) is 26.5 Å². The molecule has 0 atom stereocenters. The van der Waals surface area contributed by atoms with Gasteiger partial charge in [0.05, 0.1) is 42.6 Å². The van der Waals surface area contributed by atoms with E-state index in [0.29, 0.717) is 5.02 Å². The lowest BCUT2D eigenvalue weighted by Gasteiger charge is -2.32. The van der Waals surface area contributed by atoms with E-state index in [1.165, 1.54) is 32.5 Å². The standard InChI is InChI=1S/C19H20ClFN2O6/c1-27-9-12(10-28-2)23(18(25)15-5-4-11(20)8-22-15)16-7-14(21)17(24)6-13(16)19(26)29-3/h4-8,12,24H,9-10H2,1-3H3. The van der Waals surface area contributed by atoms with Crippen LogP contribution in [0, 0.1) is 5.82 Å². The van der Waals surface area contributed by atoms with E-state index in [2.05, 4.69) is 4.98 Å². The number of methoxy groups -OCH3 is 3. The maximum atomic E-state index is 14.2. The van der Waals surface area contributed by atoms with Gasteiger partial charge in [-0.3, -0.25) is 9.69 Å². The van der Waals surface area contributed by atoms with Gasteiger partial charge in [0.1, 0.15) is 5.69 Å². The number of phenols is 1. The number of amides is 1. The third-order valence-electron chi connectivity index (χ3n) is 3.98. The van der Waals surface area contributed by atoms with Gasteiger partial charge in [-0.2, -0.15) is 0 Å². The van der Waals surface area contributed by atoms with Crippen molar-refractivity contribution in [1.29, 1.82) is 0 Å². The van der Waals surface area contributed by atoms with Gasteiger partial charge in [-0.15, -0.1) is 0 Å². The van der Waals surface area contributed by atoms with Gasteiger partial charge in [-0.1, -0.05) is 11.6 Å². The number of nitrogens with zero attached hydrogens (tertiary/aromatic N) is 2. The summed E-state index contributed by atoms with van der Waals surface area (Å²) >= 11 is 5.83. The van der Waals surface area contributed by atoms with Crippen LogP contribution in [0.5, 0.6) is 5.75 Å². The van der Waals surface area contributed by atoms with Crippen molar-refractivity contribution >= 4 is 29.2 Å². The number of aromatic hydroxyl groups is 1. The van der Waals surface area contributed by atoms with Crippen molar-refractivity contribution in [3.05, 3.63) is 52.6 Å². The number of hydrogen-bond acceptors (Lipinski definition) is 7. The fourth-order valence-corrected chi connectivity index (χ4v) is 2.82. The Balaban J connectivity index is 2.69. The number of anilines is 1. The maximum Gasteiger partial charge on any atom is 0.340 e. The minimum absolute atomic E-state index is 0.00379. The summed E-state index contributed by atoms with van der Waals surface area (Å²) in [7, 11) is 3.97. The molecule has 29 heavy (non-hydrogen) atoms. The van der Waals surface area contributed by atoms with Crippen LogP contribution in [0.15, 0.2) is 30.5 Å². The summed E-state index contributed by atoms with van der Waals surface area (Å²) in [4.78, 5) is 30.7. The number of halogens is 2. The topological polar surface area (TPSA) is 98.2 Å². The summed E-state index contributed by atoms with van der Waals surface area (Å²) in [6.45, 7) is 0.0204. The van der Waals surface area contributed by atoms with Crippen LogP contribution in [0.25, 0.3) is 0 Å². The fraction of sp³-hybridized carbons (Fsp3) is 0.316. The zero-order chi connectivity index (χ0) is 21.6. The number of phenolic OH excluding ortho intramolecular Hbond substituents is 1. The van der Waals surface area contributed by atoms with Crippen molar-refractivity contribution in [1.82, 2.24) is 4.98 Å². The first-order chi connectivity index (χ1) is 13.8. The maximum absolute atomic E-state index is 14.2. The van der Waals surface area contributed by atoms with E-state index < -0.39 is 29.5 Å². The van der Waals surface area contributed by atoms with Crippen LogP contribution < -0.4 is 4.90 Å². The number of esters is 1. The van der Waals surface area contributed by atoms with E-state index in [1.807, 2.05) is 0 Å². The zero-order valence-electron chi connectivity index (χ0n) is 16.0. The third-order valence-corrected chi connectivity index (χ3v) is 4.20. The van der Waals surface area contributed by atoms with Crippen LogP contribution >= 0.6 is 11.6 Å². The quantitative estimate of drug-likeness (QED) is 0.648. The molecule has 1 heterocycles. The molecular formula is C19H20ClFN2O6. The molecule has 2 rings (SSSR count). The molecule has 0 aliphatic rings. The molecule has 1 N–H and O–H groups in total. The first-order valence-corrected chi connectivity index (χ1v) is 8.75. The average Bonchev–Trinajstić information content (AvgIpc) is 2.70. The molecule has 0 aliphatic carbocycles. The fourth-order valence-electron chi connectivity index (χ4n) is 2.70. The van der Waals surface area contributed by atoms with Gasteiger partial charge in [-0.05, 0) is 18.2 Å². The molecule has 0 radical (unpaired) electrons. The van der Waals surface area contributed by atoms with Crippen LogP contribution in [0.4, 0.5) is 10.1 Å². The largest absolute Gasteiger partial charge is 0.505 e. The first kappa shape index (κ1) is 22.5. The molecule has 0 aliphatic heterocycles. The SMILES string of the molecule is COCC(COC)N(C(=O)c1ccc(Cl)cn1)c1cc(F)c(O)cc1C(=O)OC. The number of hydrogen-bond donors (Lipinski definition) is 1. The lowest BCUT2D eigenvalue weighted by Crippen LogP contribution is -2.47. The second-order valence-electron chi connectivity index (χ2n) is 5.91. The number of rotatable bonds is 8. The van der Waals surface area contributed by atoms with Crippen molar-refractivity contribution in [2.45, 2.75) is 6.04 Å². The third kappa shape index (κ3) is 5.20. The van der Waals surface area contributed by atoms with E-state index in [9.17, 15) is 19.1 Å². The minimum Gasteiger partial charge on any atom is -0.505 e. The number of pyridine rings is 1. The van der Waals surface area contributed by atoms with Crippen LogP contribution in [-0.2, 0) is 14.2 Å². The summed E-state index contributed by atoms with van der Waals surface area (Å²) in [5.74, 6) is -3.31. The highest BCUT2D eigenvalue weighted by Crippen LogP contribution is 2.31. The predicted molar refractivity (Wildman–Crippen MR) is 103 cm³/mol. The highest BCUT2D eigenvalue weighted by atomic mass is 35.5. The molecule has 156 valence electrons. The van der Waals surface area contributed by atoms with Gasteiger partial charge < -0.3 is 19.3 Å². The monoisotopic (exact) mass is 426 g/mol. The zero-order valence-corrected chi connectivity index (χ0v) is 16.8. The Labute approximate surface area is 171 Å². The normalized spacial score (nSPS) is 10.8. The minimum atomic E-state index is -1.02. The molecule has 8 nitrogen and oxygen atoms in total. The summed E-state index contributed by atoms with van der Waals surface area (Å²) in [5, 5.41) is 10.0. The Bertz CT molecular complexity index is 872. The van der Waals surface area contributed by atoms with Crippen molar-refractivity contribution < 1.29 is 33.3 Å². The van der Waals surface area contributed by atoms with E-state index in [0.717, 1.165) is 24.1 Å². The molecule has 0 bridgehead atoms. The number of ether oxygens (including phenoxy) is 3. The number of aromatic nitrogens is 1. The van der Waals surface area contributed by atoms with Gasteiger partial charge in [0.25, 0.3) is 5.91 Å². The molecule has 0 saturated heterocycles. The van der Waals surface area contributed by atoms with Crippen molar-refractivity contribution in [3.8, 4) is 5.75 Å². The van der Waals surface area contributed by atoms with Gasteiger partial charge in [-0.25, -0.2) is 14.2 Å². The van der Waals surface area contributed by atoms with Crippen LogP contribution in [0.2, 0.25) is 5.02 Å². The number of carbonyl (C=O) groups excluding carboxylic acids is 2. The molecule has 1 aromatic carbocycles. The number of benzene rings is 1. The highest BCUT2D eigenvalue weighted by Gasteiger charge is 2.32. The molecule has 1 aromatic heterocycles. The summed E-state index contributed by atoms with van der Waals surface area (Å²) in [6, 6.07) is 3.88. The molecule has 0 unspecified atom stereocenters. The molecule has 0 saturated carbocycles. The Kier molecular flexibility index (Phi) is 7.89. The number of carbonyl (C=O) groups is 2. The second kappa shape index (κ2) is 10.1. The van der Waals surface area contributed by atoms with E-state index >= 15 is 0 Å². The first-order valence-electron chi connectivity index (χ1n) is 8.37. The van der Waals surface area contributed by atoms with E-state index in [-0.39, 0.29) is 30.2 Å². The highest BCUT2D eigenvalue weighted by molar-refractivity contribution is 6.30. The van der Waals surface area contributed by atoms with Crippen LogP contribution in [-0.4, -0.2) is 62.6 Å². The van der Waals surface area contributed by atoms with Gasteiger partial charge >= 0.3 is 5.97 Å². The van der Waals surface area contributed by atoms with Crippen LogP contribution in [0.1, 0.15) is 20.8 Å². The lowest BCUT2D eigenvalue weighted by molar-refractivity contribution is 0.0600. The predicted octanol–water partition coefficient (Wildman–Crippen LogP) is 2.67. The molecular weight excluding hydrogens is 407 g/mol. The molecule has 1 amide bonds. The molecule has 10 heteroatoms.